The largest absolute Gasteiger partial charge is 0.368 e. The van der Waals surface area contributed by atoms with Gasteiger partial charge in [0.2, 0.25) is 70.9 Å². The minimum absolute atomic E-state index is 0.0131. The summed E-state index contributed by atoms with van der Waals surface area (Å²) in [7, 11) is 0. The number of imidazole rings is 1. The summed E-state index contributed by atoms with van der Waals surface area (Å²) < 4.78 is 0. The van der Waals surface area contributed by atoms with E-state index in [0.29, 0.717) is 83.0 Å². The lowest BCUT2D eigenvalue weighted by Gasteiger charge is -2.30. The molecule has 30 nitrogen and oxygen atoms in total. The van der Waals surface area contributed by atoms with Crippen LogP contribution in [0, 0.1) is 35.5 Å². The number of nitrogens with two attached hydrogens (primary N) is 5. The highest BCUT2D eigenvalue weighted by Gasteiger charge is 2.38. The van der Waals surface area contributed by atoms with Crippen molar-refractivity contribution >= 4 is 70.9 Å². The Hall–Kier alpha value is -7.31. The van der Waals surface area contributed by atoms with Gasteiger partial charge < -0.3 is 92.1 Å². The second kappa shape index (κ2) is 47.6. The Balaban J connectivity index is 3.72. The van der Waals surface area contributed by atoms with Crippen molar-refractivity contribution in [3.05, 3.63) is 18.2 Å². The number of hydrogen-bond donors (Lipinski definition) is 17. The lowest BCUT2D eigenvalue weighted by atomic mass is 9.95. The van der Waals surface area contributed by atoms with Crippen LogP contribution in [0.4, 0.5) is 0 Å². The Morgan fingerprint density at radius 2 is 0.670 bits per heavy atom. The highest BCUT2D eigenvalue weighted by Crippen LogP contribution is 2.17. The number of amides is 12. The maximum atomic E-state index is 14.7. The molecule has 12 atom stereocenters. The average molecular weight is 1370 g/mol. The quantitative estimate of drug-likeness (QED) is 0.0387. The monoisotopic (exact) mass is 1370 g/mol. The number of H-pyrrole nitrogens is 1. The Morgan fingerprint density at radius 1 is 0.381 bits per heavy atom. The van der Waals surface area contributed by atoms with Gasteiger partial charge >= 0.3 is 0 Å². The third-order valence-electron chi connectivity index (χ3n) is 16.4. The van der Waals surface area contributed by atoms with E-state index in [-0.39, 0.29) is 88.1 Å². The molecule has 1 aromatic rings. The summed E-state index contributed by atoms with van der Waals surface area (Å²) in [5.74, 6) is -9.53. The lowest BCUT2D eigenvalue weighted by Crippen LogP contribution is -2.62. The van der Waals surface area contributed by atoms with Crippen LogP contribution < -0.4 is 87.2 Å². The smallest absolute Gasteiger partial charge is 0.243 e. The molecule has 1 rings (SSSR count). The van der Waals surface area contributed by atoms with Crippen molar-refractivity contribution in [3.8, 4) is 0 Å². The summed E-state index contributed by atoms with van der Waals surface area (Å²) in [5, 5.41) is 30.5. The topological polar surface area (TPSA) is 496 Å². The SMILES string of the molecule is CC[C@H](C)[C@H](NC(=O)[C@H](CCCCN)NC(=O)[C@H](CCCCN)NC(=O)[C@H](Cc1cnc[nH]1)NC(=O)[C@H](CC(C)C)NC(=O)[C@H](CCCCN)NC(=O)[C@H](CC(C)C)NC(C)=O)C(=O)N[C@@H](CC(C)C)C(=O)N[C@@H](CCCCN)C(=O)N[C@H](C(=O)N[C@@H](CC(C)C)C(N)=O)C(C)C. The van der Waals surface area contributed by atoms with Crippen LogP contribution in [-0.4, -0.2) is 173 Å². The molecule has 0 saturated heterocycles. The van der Waals surface area contributed by atoms with Crippen LogP contribution in [0.25, 0.3) is 0 Å². The summed E-state index contributed by atoms with van der Waals surface area (Å²) in [6.45, 7) is 24.3. The number of aromatic amines is 1. The normalized spacial score (nSPS) is 15.2. The molecule has 1 aromatic heterocycles. The van der Waals surface area contributed by atoms with Crippen LogP contribution in [0.2, 0.25) is 0 Å². The van der Waals surface area contributed by atoms with Crippen LogP contribution in [-0.2, 0) is 64.0 Å². The van der Waals surface area contributed by atoms with Crippen LogP contribution >= 0.6 is 0 Å². The summed E-state index contributed by atoms with van der Waals surface area (Å²) in [6.07, 6.45) is 7.72. The molecule has 30 heteroatoms. The van der Waals surface area contributed by atoms with E-state index in [9.17, 15) is 57.5 Å². The van der Waals surface area contributed by atoms with Crippen molar-refractivity contribution < 1.29 is 57.5 Å². The Kier molecular flexibility index (Phi) is 43.0. The molecule has 0 spiro atoms. The summed E-state index contributed by atoms with van der Waals surface area (Å²) in [5.41, 5.74) is 29.4. The standard InChI is InChI=1S/C67H124N18O12/c1-14-43(12)56(67(97)83-53(34-41(8)9)63(93)79-48(25-17-21-29-70)60(90)84-55(42(10)11)66(96)80-50(57(72)87)31-38(2)3)85-61(91)49(26-18-22-30-71)76-58(88)46(23-15-19-27-68)78-65(95)54(35-45-36-73-37-74-45)82-64(94)52(33-40(6)7)81-59(89)47(24-16-20-28-69)77-62(92)51(32-39(4)5)75-44(13)86/h36-43,46-56H,14-35,68-71H2,1-13H3,(H2,72,87)(H,73,74)(H,75,86)(H,76,88)(H,77,92)(H,78,95)(H,79,93)(H,80,96)(H,81,89)(H,82,94)(H,83,97)(H,84,90)(H,85,91)/t43-,46-,47-,48-,49-,50-,51-,52-,53-,54-,55-,56-/m0/s1. The van der Waals surface area contributed by atoms with Gasteiger partial charge in [-0.15, -0.1) is 0 Å². The second-order valence-corrected chi connectivity index (χ2v) is 27.7. The number of nitrogens with one attached hydrogen (secondary N) is 12. The number of nitrogens with zero attached hydrogens (tertiary/aromatic N) is 1. The molecule has 0 radical (unpaired) electrons. The highest BCUT2D eigenvalue weighted by molar-refractivity contribution is 5.99. The molecule has 0 aliphatic rings. The van der Waals surface area contributed by atoms with Crippen molar-refractivity contribution in [2.24, 2.45) is 64.2 Å². The predicted octanol–water partition coefficient (Wildman–Crippen LogP) is 0.193. The molecule has 0 bridgehead atoms. The Morgan fingerprint density at radius 3 is 0.990 bits per heavy atom. The first kappa shape index (κ1) is 87.7. The third kappa shape index (κ3) is 35.2. The maximum absolute atomic E-state index is 14.7. The van der Waals surface area contributed by atoms with Crippen molar-refractivity contribution in [3.63, 3.8) is 0 Å². The van der Waals surface area contributed by atoms with E-state index in [1.165, 1.54) is 19.4 Å². The summed E-state index contributed by atoms with van der Waals surface area (Å²) >= 11 is 0. The number of carbonyl (C=O) groups excluding carboxylic acids is 12. The number of rotatable bonds is 51. The van der Waals surface area contributed by atoms with E-state index >= 15 is 0 Å². The minimum atomic E-state index is -1.38. The first-order chi connectivity index (χ1) is 45.7. The van der Waals surface area contributed by atoms with Crippen LogP contribution in [0.3, 0.4) is 0 Å². The molecule has 12 amide bonds. The van der Waals surface area contributed by atoms with E-state index < -0.39 is 149 Å². The number of carbonyl (C=O) groups is 12. The fraction of sp³-hybridized carbons (Fsp3) is 0.776. The summed E-state index contributed by atoms with van der Waals surface area (Å²) in [4.78, 5) is 175. The van der Waals surface area contributed by atoms with Crippen LogP contribution in [0.15, 0.2) is 12.5 Å². The van der Waals surface area contributed by atoms with E-state index in [2.05, 4.69) is 68.5 Å². The highest BCUT2D eigenvalue weighted by atomic mass is 16.2. The zero-order valence-electron chi connectivity index (χ0n) is 60.3. The predicted molar refractivity (Wildman–Crippen MR) is 372 cm³/mol. The zero-order chi connectivity index (χ0) is 73.5. The van der Waals surface area contributed by atoms with Gasteiger partial charge in [-0.3, -0.25) is 57.5 Å². The average Bonchev–Trinajstić information content (AvgIpc) is 1.52. The molecule has 0 aromatic carbocycles. The fourth-order valence-corrected chi connectivity index (χ4v) is 10.8. The van der Waals surface area contributed by atoms with Crippen molar-refractivity contribution in [1.29, 1.82) is 0 Å². The molecule has 97 heavy (non-hydrogen) atoms. The van der Waals surface area contributed by atoms with Crippen molar-refractivity contribution in [1.82, 2.24) is 68.5 Å². The molecule has 0 unspecified atom stereocenters. The molecule has 22 N–H and O–H groups in total. The molecule has 554 valence electrons. The molecule has 0 saturated carbocycles. The maximum Gasteiger partial charge on any atom is 0.243 e. The van der Waals surface area contributed by atoms with Gasteiger partial charge in [-0.2, -0.15) is 0 Å². The van der Waals surface area contributed by atoms with Crippen molar-refractivity contribution in [2.45, 2.75) is 272 Å². The zero-order valence-corrected chi connectivity index (χ0v) is 60.3. The minimum Gasteiger partial charge on any atom is -0.368 e. The molecule has 0 aliphatic carbocycles. The number of hydrogen-bond acceptors (Lipinski definition) is 17. The van der Waals surface area contributed by atoms with E-state index in [1.807, 2.05) is 62.3 Å². The van der Waals surface area contributed by atoms with Gasteiger partial charge in [-0.05, 0) is 164 Å². The number of unbranched alkanes of at least 4 members (excludes halogenated alkanes) is 4. The molecule has 1 heterocycles. The first-order valence-electron chi connectivity index (χ1n) is 35.1. The Labute approximate surface area is 575 Å². The van der Waals surface area contributed by atoms with E-state index in [0.717, 1.165) is 0 Å². The van der Waals surface area contributed by atoms with Gasteiger partial charge in [-0.25, -0.2) is 4.98 Å². The van der Waals surface area contributed by atoms with Gasteiger partial charge in [0.15, 0.2) is 0 Å². The molecule has 0 fully saturated rings. The summed E-state index contributed by atoms with van der Waals surface area (Å²) in [6, 6.07) is -13.1. The molecule has 0 aliphatic heterocycles. The molecular weight excluding hydrogens is 1250 g/mol. The van der Waals surface area contributed by atoms with Crippen LogP contribution in [0.1, 0.15) is 205 Å². The van der Waals surface area contributed by atoms with Crippen molar-refractivity contribution in [2.75, 3.05) is 26.2 Å². The van der Waals surface area contributed by atoms with E-state index in [4.69, 9.17) is 28.7 Å². The Bertz CT molecular complexity index is 2590. The second-order valence-electron chi connectivity index (χ2n) is 27.7. The van der Waals surface area contributed by atoms with Crippen LogP contribution in [0.5, 0.6) is 0 Å². The number of aromatic nitrogens is 2. The molecular formula is C67H124N18O12. The fourth-order valence-electron chi connectivity index (χ4n) is 10.8. The van der Waals surface area contributed by atoms with Gasteiger partial charge in [0, 0.05) is 25.2 Å². The van der Waals surface area contributed by atoms with Gasteiger partial charge in [0.25, 0.3) is 0 Å². The van der Waals surface area contributed by atoms with Gasteiger partial charge in [0.1, 0.15) is 66.5 Å². The first-order valence-corrected chi connectivity index (χ1v) is 35.1. The lowest BCUT2D eigenvalue weighted by molar-refractivity contribution is -0.137. The van der Waals surface area contributed by atoms with E-state index in [1.54, 1.807) is 20.8 Å². The van der Waals surface area contributed by atoms with Gasteiger partial charge in [0.05, 0.1) is 6.33 Å². The van der Waals surface area contributed by atoms with Gasteiger partial charge in [-0.1, -0.05) is 89.5 Å². The number of primary amides is 1. The third-order valence-corrected chi connectivity index (χ3v) is 16.4.